The Hall–Kier alpha value is -1.51. The average Bonchev–Trinajstić information content (AvgIpc) is 2.87. The van der Waals surface area contributed by atoms with E-state index in [1.54, 1.807) is 20.1 Å². The van der Waals surface area contributed by atoms with Gasteiger partial charge in [0, 0.05) is 19.8 Å². The Morgan fingerprint density at radius 2 is 1.89 bits per heavy atom. The normalized spacial score (nSPS) is 27.2. The number of methoxy groups -OCH3 is 1. The maximum absolute atomic E-state index is 12.3. The van der Waals surface area contributed by atoms with Crippen LogP contribution in [0, 0.1) is 17.8 Å². The molecule has 2 rings (SSSR count). The number of carbonyl (C=O) groups excluding carboxylic acids is 1. The Labute approximate surface area is 230 Å². The molecular formula is C31H52O7. The molecule has 38 heavy (non-hydrogen) atoms. The first-order valence-corrected chi connectivity index (χ1v) is 14.5. The van der Waals surface area contributed by atoms with Crippen molar-refractivity contribution in [3.8, 4) is 0 Å². The molecule has 0 radical (unpaired) electrons. The molecule has 1 fully saturated rings. The molecule has 0 aromatic rings. The Bertz CT molecular complexity index is 749. The number of ether oxygens (including phenoxy) is 4. The van der Waals surface area contributed by atoms with Crippen molar-refractivity contribution in [1.82, 2.24) is 0 Å². The quantitative estimate of drug-likeness (QED) is 0.160. The van der Waals surface area contributed by atoms with Crippen LogP contribution in [0.25, 0.3) is 0 Å². The molecular weight excluding hydrogens is 484 g/mol. The third-order valence-electron chi connectivity index (χ3n) is 7.60. The van der Waals surface area contributed by atoms with Crippen LogP contribution in [-0.2, 0) is 23.7 Å². The van der Waals surface area contributed by atoms with Crippen molar-refractivity contribution in [1.29, 1.82) is 0 Å². The van der Waals surface area contributed by atoms with Gasteiger partial charge in [0.1, 0.15) is 12.2 Å². The Balaban J connectivity index is 1.88. The number of aliphatic hydroxyl groups excluding tert-OH is 2. The van der Waals surface area contributed by atoms with Gasteiger partial charge in [-0.3, -0.25) is 0 Å². The summed E-state index contributed by atoms with van der Waals surface area (Å²) in [4.78, 5) is 12.3. The molecule has 0 saturated carbocycles. The van der Waals surface area contributed by atoms with E-state index in [0.717, 1.165) is 38.7 Å². The lowest BCUT2D eigenvalue weighted by Crippen LogP contribution is -2.35. The number of esters is 1. The third-order valence-corrected chi connectivity index (χ3v) is 7.60. The van der Waals surface area contributed by atoms with Gasteiger partial charge in [-0.05, 0) is 76.0 Å². The van der Waals surface area contributed by atoms with E-state index in [-0.39, 0.29) is 18.1 Å². The van der Waals surface area contributed by atoms with Gasteiger partial charge in [0.25, 0.3) is 0 Å². The molecule has 2 heterocycles. The topological polar surface area (TPSA) is 94.5 Å². The maximum atomic E-state index is 12.3. The molecule has 0 aromatic heterocycles. The Morgan fingerprint density at radius 3 is 2.55 bits per heavy atom. The van der Waals surface area contributed by atoms with Gasteiger partial charge in [-0.2, -0.15) is 0 Å². The summed E-state index contributed by atoms with van der Waals surface area (Å²) in [6.07, 6.45) is 14.7. The standard InChI is InChI=1S/C31H52O7/c1-6-9-31(34)38-30(29(35-5)13-11-26-19-22(2)15-17-37-26)14-12-27(32)28(33)21-24(4)18-23(3)20-25-10-7-8-16-36-25/h6-9,11,13,22-30,32-33H,10,12,14-21H2,1-5H3/b9-6-,13-11+/t22?,23?,24?,25-,26+,27+,28-,29-,30-/m0/s1. The fourth-order valence-electron chi connectivity index (χ4n) is 5.50. The van der Waals surface area contributed by atoms with E-state index in [0.29, 0.717) is 37.7 Å². The van der Waals surface area contributed by atoms with Crippen molar-refractivity contribution in [3.05, 3.63) is 36.5 Å². The van der Waals surface area contributed by atoms with E-state index < -0.39 is 30.4 Å². The summed E-state index contributed by atoms with van der Waals surface area (Å²) in [7, 11) is 1.58. The van der Waals surface area contributed by atoms with E-state index in [1.807, 2.05) is 12.2 Å². The lowest BCUT2D eigenvalue weighted by molar-refractivity contribution is -0.149. The highest BCUT2D eigenvalue weighted by molar-refractivity contribution is 5.82. The molecule has 9 atom stereocenters. The van der Waals surface area contributed by atoms with Crippen LogP contribution >= 0.6 is 0 Å². The lowest BCUT2D eigenvalue weighted by atomic mass is 9.87. The SMILES string of the molecule is C/C=C\C(=O)O[C@@H](CC[C@@H](O)[C@@H](O)CC(C)CC(C)C[C@@H]1CC=CCO1)[C@H](/C=C/[C@@H]1CC(C)CCO1)OC. The minimum Gasteiger partial charge on any atom is -0.456 e. The van der Waals surface area contributed by atoms with Crippen LogP contribution in [0.2, 0.25) is 0 Å². The first-order valence-electron chi connectivity index (χ1n) is 14.5. The van der Waals surface area contributed by atoms with Gasteiger partial charge in [0.2, 0.25) is 0 Å². The van der Waals surface area contributed by atoms with Crippen LogP contribution < -0.4 is 0 Å². The Kier molecular flexibility index (Phi) is 15.5. The summed E-state index contributed by atoms with van der Waals surface area (Å²) in [5.74, 6) is 0.893. The van der Waals surface area contributed by atoms with Crippen LogP contribution in [0.3, 0.4) is 0 Å². The minimum atomic E-state index is -0.911. The molecule has 1 saturated heterocycles. The van der Waals surface area contributed by atoms with Gasteiger partial charge >= 0.3 is 5.97 Å². The monoisotopic (exact) mass is 536 g/mol. The first kappa shape index (κ1) is 32.7. The van der Waals surface area contributed by atoms with E-state index in [2.05, 4.69) is 32.9 Å². The number of hydrogen-bond acceptors (Lipinski definition) is 7. The molecule has 2 N–H and O–H groups in total. The van der Waals surface area contributed by atoms with Gasteiger partial charge < -0.3 is 29.2 Å². The third kappa shape index (κ3) is 12.6. The number of allylic oxidation sites excluding steroid dienone is 1. The van der Waals surface area contributed by atoms with Crippen molar-refractivity contribution >= 4 is 5.97 Å². The van der Waals surface area contributed by atoms with Crippen LogP contribution in [0.5, 0.6) is 0 Å². The molecule has 218 valence electrons. The molecule has 0 aromatic carbocycles. The highest BCUT2D eigenvalue weighted by atomic mass is 16.6. The average molecular weight is 537 g/mol. The zero-order valence-corrected chi connectivity index (χ0v) is 24.2. The van der Waals surface area contributed by atoms with Crippen LogP contribution in [-0.4, -0.2) is 73.1 Å². The summed E-state index contributed by atoms with van der Waals surface area (Å²) in [6, 6.07) is 0. The zero-order valence-electron chi connectivity index (χ0n) is 24.2. The van der Waals surface area contributed by atoms with Gasteiger partial charge in [0.15, 0.2) is 0 Å². The van der Waals surface area contributed by atoms with Gasteiger partial charge in [-0.25, -0.2) is 4.79 Å². The molecule has 0 bridgehead atoms. The second-order valence-electron chi connectivity index (χ2n) is 11.4. The van der Waals surface area contributed by atoms with Crippen LogP contribution in [0.4, 0.5) is 0 Å². The van der Waals surface area contributed by atoms with Crippen molar-refractivity contribution in [2.45, 2.75) is 116 Å². The number of hydrogen-bond donors (Lipinski definition) is 2. The second kappa shape index (κ2) is 18.0. The number of carbonyl (C=O) groups is 1. The molecule has 7 nitrogen and oxygen atoms in total. The van der Waals surface area contributed by atoms with Crippen LogP contribution in [0.15, 0.2) is 36.5 Å². The highest BCUT2D eigenvalue weighted by Gasteiger charge is 2.28. The molecule has 3 unspecified atom stereocenters. The molecule has 2 aliphatic rings. The first-order chi connectivity index (χ1) is 18.2. The molecule has 7 heteroatoms. The lowest BCUT2D eigenvalue weighted by Gasteiger charge is -2.28. The predicted molar refractivity (Wildman–Crippen MR) is 150 cm³/mol. The van der Waals surface area contributed by atoms with Gasteiger partial charge in [0.05, 0.1) is 31.0 Å². The van der Waals surface area contributed by atoms with E-state index in [1.165, 1.54) is 6.08 Å². The smallest absolute Gasteiger partial charge is 0.330 e. The van der Waals surface area contributed by atoms with Crippen molar-refractivity contribution < 1.29 is 34.0 Å². The van der Waals surface area contributed by atoms with Crippen LogP contribution in [0.1, 0.15) is 79.1 Å². The number of rotatable bonds is 16. The molecule has 2 aliphatic heterocycles. The fourth-order valence-corrected chi connectivity index (χ4v) is 5.50. The summed E-state index contributed by atoms with van der Waals surface area (Å²) in [6.45, 7) is 9.75. The summed E-state index contributed by atoms with van der Waals surface area (Å²) < 4.78 is 23.0. The summed E-state index contributed by atoms with van der Waals surface area (Å²) in [5, 5.41) is 21.5. The molecule has 0 amide bonds. The summed E-state index contributed by atoms with van der Waals surface area (Å²) in [5.41, 5.74) is 0. The maximum Gasteiger partial charge on any atom is 0.330 e. The van der Waals surface area contributed by atoms with E-state index in [4.69, 9.17) is 18.9 Å². The van der Waals surface area contributed by atoms with E-state index in [9.17, 15) is 15.0 Å². The molecule has 0 spiro atoms. The Morgan fingerprint density at radius 1 is 1.11 bits per heavy atom. The van der Waals surface area contributed by atoms with Gasteiger partial charge in [-0.1, -0.05) is 51.2 Å². The predicted octanol–water partition coefficient (Wildman–Crippen LogP) is 5.15. The molecule has 0 aliphatic carbocycles. The highest BCUT2D eigenvalue weighted by Crippen LogP contribution is 2.26. The number of aliphatic hydroxyl groups is 2. The minimum absolute atomic E-state index is 0.0146. The van der Waals surface area contributed by atoms with Crippen molar-refractivity contribution in [3.63, 3.8) is 0 Å². The van der Waals surface area contributed by atoms with Gasteiger partial charge in [-0.15, -0.1) is 0 Å². The fraction of sp³-hybridized carbons (Fsp3) is 0.774. The zero-order chi connectivity index (χ0) is 27.9. The van der Waals surface area contributed by atoms with Crippen molar-refractivity contribution in [2.75, 3.05) is 20.3 Å². The van der Waals surface area contributed by atoms with E-state index >= 15 is 0 Å². The second-order valence-corrected chi connectivity index (χ2v) is 11.4. The van der Waals surface area contributed by atoms with Crippen molar-refractivity contribution in [2.24, 2.45) is 17.8 Å². The summed E-state index contributed by atoms with van der Waals surface area (Å²) >= 11 is 0. The largest absolute Gasteiger partial charge is 0.456 e.